The molecule has 0 unspecified atom stereocenters. The minimum absolute atomic E-state index is 0.262. The third kappa shape index (κ3) is 2.31. The molecule has 0 fully saturated rings. The first kappa shape index (κ1) is 9.20. The molecule has 0 saturated heterocycles. The van der Waals surface area contributed by atoms with Gasteiger partial charge in [0.15, 0.2) is 0 Å². The van der Waals surface area contributed by atoms with Gasteiger partial charge in [0.2, 0.25) is 0 Å². The molecule has 1 atom stereocenters. The van der Waals surface area contributed by atoms with Crippen molar-refractivity contribution in [3.63, 3.8) is 0 Å². The Kier molecular flexibility index (Phi) is 3.23. The van der Waals surface area contributed by atoms with Crippen molar-refractivity contribution in [3.8, 4) is 0 Å². The Labute approximate surface area is 71.9 Å². The lowest BCUT2D eigenvalue weighted by atomic mass is 10.1. The summed E-state index contributed by atoms with van der Waals surface area (Å²) < 4.78 is 12.5. The van der Waals surface area contributed by atoms with Gasteiger partial charge in [0.05, 0.1) is 6.10 Å². The highest BCUT2D eigenvalue weighted by Gasteiger charge is 2.04. The van der Waals surface area contributed by atoms with Crippen LogP contribution in [-0.4, -0.2) is 5.11 Å². The Morgan fingerprint density at radius 1 is 1.33 bits per heavy atom. The number of benzene rings is 1. The second-order valence-corrected chi connectivity index (χ2v) is 2.86. The van der Waals surface area contributed by atoms with E-state index in [1.807, 2.05) is 6.92 Å². The van der Waals surface area contributed by atoms with Crippen LogP contribution in [0, 0.1) is 5.82 Å². The first-order valence-corrected chi connectivity index (χ1v) is 4.17. The lowest BCUT2D eigenvalue weighted by Crippen LogP contribution is -1.95. The van der Waals surface area contributed by atoms with Crippen LogP contribution in [-0.2, 0) is 0 Å². The lowest BCUT2D eigenvalue weighted by molar-refractivity contribution is 0.166. The molecule has 0 saturated carbocycles. The van der Waals surface area contributed by atoms with E-state index >= 15 is 0 Å². The van der Waals surface area contributed by atoms with Gasteiger partial charge in [-0.3, -0.25) is 0 Å². The van der Waals surface area contributed by atoms with E-state index in [2.05, 4.69) is 0 Å². The van der Waals surface area contributed by atoms with Crippen LogP contribution < -0.4 is 0 Å². The largest absolute Gasteiger partial charge is 0.388 e. The monoisotopic (exact) mass is 168 g/mol. The van der Waals surface area contributed by atoms with E-state index in [0.717, 1.165) is 18.4 Å². The van der Waals surface area contributed by atoms with Gasteiger partial charge in [-0.25, -0.2) is 4.39 Å². The first-order valence-electron chi connectivity index (χ1n) is 4.17. The van der Waals surface area contributed by atoms with E-state index in [0.29, 0.717) is 0 Å². The molecule has 1 rings (SSSR count). The van der Waals surface area contributed by atoms with Crippen molar-refractivity contribution in [2.24, 2.45) is 0 Å². The van der Waals surface area contributed by atoms with Crippen molar-refractivity contribution in [3.05, 3.63) is 35.6 Å². The predicted octanol–water partition coefficient (Wildman–Crippen LogP) is 2.66. The van der Waals surface area contributed by atoms with Crippen LogP contribution in [0.4, 0.5) is 4.39 Å². The number of halogens is 1. The van der Waals surface area contributed by atoms with Crippen LogP contribution in [0.15, 0.2) is 24.3 Å². The van der Waals surface area contributed by atoms with Gasteiger partial charge in [-0.05, 0) is 24.1 Å². The second kappa shape index (κ2) is 4.21. The molecule has 1 aromatic rings. The number of hydrogen-bond acceptors (Lipinski definition) is 1. The van der Waals surface area contributed by atoms with Gasteiger partial charge in [-0.2, -0.15) is 0 Å². The summed E-state index contributed by atoms with van der Waals surface area (Å²) >= 11 is 0. The van der Waals surface area contributed by atoms with E-state index < -0.39 is 6.10 Å². The number of aliphatic hydroxyl groups excluding tert-OH is 1. The summed E-state index contributed by atoms with van der Waals surface area (Å²) in [6.07, 6.45) is 1.21. The first-order chi connectivity index (χ1) is 5.74. The average molecular weight is 168 g/mol. The molecule has 0 aliphatic carbocycles. The molecular weight excluding hydrogens is 155 g/mol. The fourth-order valence-electron chi connectivity index (χ4n) is 1.13. The summed E-state index contributed by atoms with van der Waals surface area (Å²) in [7, 11) is 0. The van der Waals surface area contributed by atoms with E-state index in [1.54, 1.807) is 12.1 Å². The van der Waals surface area contributed by atoms with Crippen LogP contribution in [0.2, 0.25) is 0 Å². The number of rotatable bonds is 3. The zero-order valence-corrected chi connectivity index (χ0v) is 7.13. The molecule has 0 heterocycles. The van der Waals surface area contributed by atoms with Gasteiger partial charge in [0.25, 0.3) is 0 Å². The molecule has 0 radical (unpaired) electrons. The third-order valence-electron chi connectivity index (χ3n) is 1.82. The van der Waals surface area contributed by atoms with E-state index in [9.17, 15) is 9.50 Å². The summed E-state index contributed by atoms with van der Waals surface area (Å²) in [5, 5.41) is 9.49. The van der Waals surface area contributed by atoms with E-state index in [4.69, 9.17) is 0 Å². The number of aliphatic hydroxyl groups is 1. The topological polar surface area (TPSA) is 20.2 Å². The molecule has 66 valence electrons. The smallest absolute Gasteiger partial charge is 0.123 e. The van der Waals surface area contributed by atoms with Crippen LogP contribution in [0.3, 0.4) is 0 Å². The molecule has 0 spiro atoms. The van der Waals surface area contributed by atoms with Crippen LogP contribution >= 0.6 is 0 Å². The average Bonchev–Trinajstić information content (AvgIpc) is 2.06. The van der Waals surface area contributed by atoms with Crippen molar-refractivity contribution < 1.29 is 9.50 Å². The van der Waals surface area contributed by atoms with Gasteiger partial charge in [0, 0.05) is 0 Å². The zero-order chi connectivity index (χ0) is 8.97. The van der Waals surface area contributed by atoms with Crippen molar-refractivity contribution in [1.82, 2.24) is 0 Å². The van der Waals surface area contributed by atoms with Gasteiger partial charge in [-0.15, -0.1) is 0 Å². The number of hydrogen-bond donors (Lipinski definition) is 1. The van der Waals surface area contributed by atoms with Gasteiger partial charge in [0.1, 0.15) is 5.82 Å². The maximum Gasteiger partial charge on any atom is 0.123 e. The van der Waals surface area contributed by atoms with Crippen LogP contribution in [0.1, 0.15) is 31.4 Å². The van der Waals surface area contributed by atoms with Crippen molar-refractivity contribution >= 4 is 0 Å². The second-order valence-electron chi connectivity index (χ2n) is 2.86. The lowest BCUT2D eigenvalue weighted by Gasteiger charge is -2.08. The maximum atomic E-state index is 12.5. The SMILES string of the molecule is CCC[C@@H](O)c1ccc(F)cc1. The molecule has 0 bridgehead atoms. The zero-order valence-electron chi connectivity index (χ0n) is 7.13. The summed E-state index contributed by atoms with van der Waals surface area (Å²) in [5.41, 5.74) is 0.790. The Morgan fingerprint density at radius 2 is 1.92 bits per heavy atom. The Hall–Kier alpha value is -0.890. The van der Waals surface area contributed by atoms with Crippen molar-refractivity contribution in [2.75, 3.05) is 0 Å². The molecule has 2 heteroatoms. The summed E-state index contributed by atoms with van der Waals surface area (Å²) in [6.45, 7) is 2.01. The van der Waals surface area contributed by atoms with E-state index in [-0.39, 0.29) is 5.82 Å². The molecule has 0 aromatic heterocycles. The Bertz CT molecular complexity index is 230. The Morgan fingerprint density at radius 3 is 2.42 bits per heavy atom. The van der Waals surface area contributed by atoms with Crippen molar-refractivity contribution in [2.45, 2.75) is 25.9 Å². The highest BCUT2D eigenvalue weighted by molar-refractivity contribution is 5.18. The summed E-state index contributed by atoms with van der Waals surface area (Å²) in [4.78, 5) is 0. The molecule has 1 aromatic carbocycles. The van der Waals surface area contributed by atoms with Crippen LogP contribution in [0.5, 0.6) is 0 Å². The highest BCUT2D eigenvalue weighted by atomic mass is 19.1. The molecule has 0 amide bonds. The van der Waals surface area contributed by atoms with Gasteiger partial charge >= 0.3 is 0 Å². The molecule has 1 N–H and O–H groups in total. The van der Waals surface area contributed by atoms with Crippen molar-refractivity contribution in [1.29, 1.82) is 0 Å². The maximum absolute atomic E-state index is 12.5. The predicted molar refractivity (Wildman–Crippen MR) is 46.3 cm³/mol. The quantitative estimate of drug-likeness (QED) is 0.735. The highest BCUT2D eigenvalue weighted by Crippen LogP contribution is 2.17. The summed E-state index contributed by atoms with van der Waals surface area (Å²) in [6, 6.07) is 5.98. The molecule has 1 nitrogen and oxygen atoms in total. The minimum atomic E-state index is -0.449. The standard InChI is InChI=1S/C10H13FO/c1-2-3-10(12)8-4-6-9(11)7-5-8/h4-7,10,12H,2-3H2,1H3/t10-/m1/s1. The summed E-state index contributed by atoms with van der Waals surface area (Å²) in [5.74, 6) is -0.262. The van der Waals surface area contributed by atoms with Crippen LogP contribution in [0.25, 0.3) is 0 Å². The Balaban J connectivity index is 2.68. The molecular formula is C10H13FO. The van der Waals surface area contributed by atoms with Gasteiger partial charge < -0.3 is 5.11 Å². The third-order valence-corrected chi connectivity index (χ3v) is 1.82. The normalized spacial score (nSPS) is 12.9. The molecule has 0 aliphatic rings. The minimum Gasteiger partial charge on any atom is -0.388 e. The molecule has 12 heavy (non-hydrogen) atoms. The van der Waals surface area contributed by atoms with Gasteiger partial charge in [-0.1, -0.05) is 25.5 Å². The fraction of sp³-hybridized carbons (Fsp3) is 0.400. The fourth-order valence-corrected chi connectivity index (χ4v) is 1.13. The van der Waals surface area contributed by atoms with E-state index in [1.165, 1.54) is 12.1 Å². The molecule has 0 aliphatic heterocycles.